The number of nitrogens with two attached hydrogens (primary N) is 1. The Labute approximate surface area is 84.8 Å². The largest absolute Gasteiger partial charge is 0.370 e. The molecule has 0 radical (unpaired) electrons. The number of aliphatic imine (C=N–C) groups is 1. The maximum absolute atomic E-state index is 5.86. The maximum Gasteiger partial charge on any atom is 0.191 e. The van der Waals surface area contributed by atoms with Gasteiger partial charge in [-0.2, -0.15) is 11.8 Å². The van der Waals surface area contributed by atoms with Crippen molar-refractivity contribution < 1.29 is 0 Å². The molecule has 0 saturated carbocycles. The van der Waals surface area contributed by atoms with Crippen LogP contribution in [0.2, 0.25) is 0 Å². The minimum absolute atomic E-state index is 0.595. The van der Waals surface area contributed by atoms with Gasteiger partial charge in [-0.25, -0.2) is 0 Å². The summed E-state index contributed by atoms with van der Waals surface area (Å²) in [5.41, 5.74) is 5.86. The summed E-state index contributed by atoms with van der Waals surface area (Å²) in [7, 11) is 0. The van der Waals surface area contributed by atoms with E-state index in [0.29, 0.717) is 5.92 Å². The second-order valence-electron chi connectivity index (χ2n) is 3.69. The van der Waals surface area contributed by atoms with Crippen LogP contribution in [-0.2, 0) is 0 Å². The van der Waals surface area contributed by atoms with Crippen molar-refractivity contribution in [2.24, 2.45) is 16.6 Å². The average Bonchev–Trinajstić information content (AvgIpc) is 2.15. The molecule has 76 valence electrons. The molecule has 1 saturated heterocycles. The molecule has 0 spiro atoms. The van der Waals surface area contributed by atoms with Gasteiger partial charge in [-0.3, -0.25) is 4.99 Å². The van der Waals surface area contributed by atoms with Crippen molar-refractivity contribution in [1.82, 2.24) is 4.90 Å². The zero-order chi connectivity index (χ0) is 9.68. The molecule has 0 aromatic heterocycles. The summed E-state index contributed by atoms with van der Waals surface area (Å²) in [6, 6.07) is 0. The third kappa shape index (κ3) is 3.89. The summed E-state index contributed by atoms with van der Waals surface area (Å²) in [4.78, 5) is 6.54. The lowest BCUT2D eigenvalue weighted by Crippen LogP contribution is -2.42. The van der Waals surface area contributed by atoms with Gasteiger partial charge in [0.05, 0.1) is 0 Å². The van der Waals surface area contributed by atoms with Gasteiger partial charge in [0.25, 0.3) is 0 Å². The number of nitrogens with zero attached hydrogens (tertiary/aromatic N) is 2. The maximum atomic E-state index is 5.86. The molecule has 13 heavy (non-hydrogen) atoms. The fourth-order valence-electron chi connectivity index (χ4n) is 1.17. The molecule has 4 heteroatoms. The highest BCUT2D eigenvalue weighted by atomic mass is 32.2. The molecular formula is C9H19N3S. The minimum Gasteiger partial charge on any atom is -0.370 e. The molecule has 1 rings (SSSR count). The summed E-state index contributed by atoms with van der Waals surface area (Å²) in [5.74, 6) is 3.68. The van der Waals surface area contributed by atoms with Crippen molar-refractivity contribution >= 4 is 17.7 Å². The van der Waals surface area contributed by atoms with Gasteiger partial charge < -0.3 is 10.6 Å². The van der Waals surface area contributed by atoms with Gasteiger partial charge in [0.1, 0.15) is 0 Å². The summed E-state index contributed by atoms with van der Waals surface area (Å²) in [6.07, 6.45) is 0. The molecule has 0 aromatic rings. The summed E-state index contributed by atoms with van der Waals surface area (Å²) in [5, 5.41) is 0. The van der Waals surface area contributed by atoms with Gasteiger partial charge in [0, 0.05) is 31.1 Å². The Morgan fingerprint density at radius 2 is 2.08 bits per heavy atom. The van der Waals surface area contributed by atoms with E-state index < -0.39 is 0 Å². The lowest BCUT2D eigenvalue weighted by atomic mass is 10.2. The Morgan fingerprint density at radius 1 is 1.46 bits per heavy atom. The van der Waals surface area contributed by atoms with Crippen molar-refractivity contribution in [3.05, 3.63) is 0 Å². The van der Waals surface area contributed by atoms with Crippen LogP contribution in [0.5, 0.6) is 0 Å². The second-order valence-corrected chi connectivity index (χ2v) is 4.92. The molecule has 0 amide bonds. The molecule has 0 unspecified atom stereocenters. The Bertz CT molecular complexity index is 174. The van der Waals surface area contributed by atoms with E-state index in [4.69, 9.17) is 5.73 Å². The molecule has 0 aromatic carbocycles. The predicted octanol–water partition coefficient (Wildman–Crippen LogP) is 1.01. The van der Waals surface area contributed by atoms with Crippen LogP contribution < -0.4 is 5.73 Å². The first kappa shape index (κ1) is 10.7. The zero-order valence-electron chi connectivity index (χ0n) is 8.49. The van der Waals surface area contributed by atoms with Crippen LogP contribution >= 0.6 is 11.8 Å². The van der Waals surface area contributed by atoms with Crippen LogP contribution in [0.25, 0.3) is 0 Å². The fraction of sp³-hybridized carbons (Fsp3) is 0.889. The first-order chi connectivity index (χ1) is 6.20. The number of guanidine groups is 1. The van der Waals surface area contributed by atoms with Crippen LogP contribution in [-0.4, -0.2) is 42.0 Å². The van der Waals surface area contributed by atoms with Crippen LogP contribution in [0.15, 0.2) is 4.99 Å². The molecule has 3 nitrogen and oxygen atoms in total. The molecule has 0 atom stereocenters. The van der Waals surface area contributed by atoms with Crippen molar-refractivity contribution in [1.29, 1.82) is 0 Å². The van der Waals surface area contributed by atoms with Gasteiger partial charge in [-0.15, -0.1) is 0 Å². The monoisotopic (exact) mass is 201 g/mol. The van der Waals surface area contributed by atoms with E-state index >= 15 is 0 Å². The Morgan fingerprint density at radius 3 is 2.62 bits per heavy atom. The van der Waals surface area contributed by atoms with Crippen LogP contribution in [0.1, 0.15) is 13.8 Å². The Kier molecular flexibility index (Phi) is 4.42. The Hall–Kier alpha value is -0.380. The first-order valence-electron chi connectivity index (χ1n) is 4.82. The molecule has 1 aliphatic rings. The van der Waals surface area contributed by atoms with Gasteiger partial charge in [0.15, 0.2) is 5.96 Å². The highest BCUT2D eigenvalue weighted by Gasteiger charge is 2.11. The van der Waals surface area contributed by atoms with E-state index in [1.807, 2.05) is 11.8 Å². The highest BCUT2D eigenvalue weighted by molar-refractivity contribution is 7.99. The lowest BCUT2D eigenvalue weighted by molar-refractivity contribution is 0.454. The van der Waals surface area contributed by atoms with Crippen molar-refractivity contribution in [3.8, 4) is 0 Å². The van der Waals surface area contributed by atoms with Gasteiger partial charge in [-0.1, -0.05) is 13.8 Å². The average molecular weight is 201 g/mol. The quantitative estimate of drug-likeness (QED) is 0.535. The predicted molar refractivity (Wildman–Crippen MR) is 60.2 cm³/mol. The number of rotatable bonds is 2. The SMILES string of the molecule is CC(C)CN=C(N)N1CCSCC1. The molecule has 2 N–H and O–H groups in total. The van der Waals surface area contributed by atoms with E-state index in [0.717, 1.165) is 25.6 Å². The van der Waals surface area contributed by atoms with E-state index in [9.17, 15) is 0 Å². The number of hydrogen-bond acceptors (Lipinski definition) is 2. The molecular weight excluding hydrogens is 182 g/mol. The zero-order valence-corrected chi connectivity index (χ0v) is 9.31. The number of hydrogen-bond donors (Lipinski definition) is 1. The third-order valence-corrected chi connectivity index (χ3v) is 2.90. The summed E-state index contributed by atoms with van der Waals surface area (Å²) in [6.45, 7) is 7.26. The van der Waals surface area contributed by atoms with E-state index in [2.05, 4.69) is 23.7 Å². The van der Waals surface area contributed by atoms with Crippen molar-refractivity contribution in [3.63, 3.8) is 0 Å². The van der Waals surface area contributed by atoms with Crippen LogP contribution in [0.4, 0.5) is 0 Å². The van der Waals surface area contributed by atoms with E-state index in [1.165, 1.54) is 11.5 Å². The third-order valence-electron chi connectivity index (χ3n) is 1.95. The van der Waals surface area contributed by atoms with Crippen LogP contribution in [0, 0.1) is 5.92 Å². The summed E-state index contributed by atoms with van der Waals surface area (Å²) < 4.78 is 0. The lowest BCUT2D eigenvalue weighted by Gasteiger charge is -2.27. The van der Waals surface area contributed by atoms with Crippen LogP contribution in [0.3, 0.4) is 0 Å². The van der Waals surface area contributed by atoms with E-state index in [-0.39, 0.29) is 0 Å². The highest BCUT2D eigenvalue weighted by Crippen LogP contribution is 2.08. The van der Waals surface area contributed by atoms with E-state index in [1.54, 1.807) is 0 Å². The molecule has 0 aliphatic carbocycles. The topological polar surface area (TPSA) is 41.6 Å². The second kappa shape index (κ2) is 5.37. The first-order valence-corrected chi connectivity index (χ1v) is 5.98. The molecule has 1 fully saturated rings. The molecule has 1 heterocycles. The Balaban J connectivity index is 2.35. The smallest absolute Gasteiger partial charge is 0.191 e. The minimum atomic E-state index is 0.595. The van der Waals surface area contributed by atoms with Gasteiger partial charge in [0.2, 0.25) is 0 Å². The van der Waals surface area contributed by atoms with Crippen molar-refractivity contribution in [2.75, 3.05) is 31.1 Å². The molecule has 1 aliphatic heterocycles. The normalized spacial score (nSPS) is 19.6. The van der Waals surface area contributed by atoms with Crippen molar-refractivity contribution in [2.45, 2.75) is 13.8 Å². The number of thioether (sulfide) groups is 1. The standard InChI is InChI=1S/C9H19N3S/c1-8(2)7-11-9(10)12-3-5-13-6-4-12/h8H,3-7H2,1-2H3,(H2,10,11). The van der Waals surface area contributed by atoms with Gasteiger partial charge >= 0.3 is 0 Å². The molecule has 0 bridgehead atoms. The fourth-order valence-corrected chi connectivity index (χ4v) is 2.07. The summed E-state index contributed by atoms with van der Waals surface area (Å²) >= 11 is 1.99. The van der Waals surface area contributed by atoms with Gasteiger partial charge in [-0.05, 0) is 5.92 Å².